The van der Waals surface area contributed by atoms with Crippen molar-refractivity contribution in [2.45, 2.75) is 45.6 Å². The maximum Gasteiger partial charge on any atom is 0.364 e. The third kappa shape index (κ3) is 6.81. The first-order valence-electron chi connectivity index (χ1n) is 11.4. The van der Waals surface area contributed by atoms with Crippen LogP contribution in [0.1, 0.15) is 37.7 Å². The molecule has 0 saturated heterocycles. The maximum absolute atomic E-state index is 14.8. The van der Waals surface area contributed by atoms with E-state index in [2.05, 4.69) is 14.8 Å². The Bertz CT molecular complexity index is 1160. The molecular formula is C26H30FN3O4. The average Bonchev–Trinajstić information content (AvgIpc) is 2.82. The van der Waals surface area contributed by atoms with E-state index in [-0.39, 0.29) is 18.1 Å². The van der Waals surface area contributed by atoms with E-state index in [1.54, 1.807) is 6.07 Å². The summed E-state index contributed by atoms with van der Waals surface area (Å²) >= 11 is 0. The van der Waals surface area contributed by atoms with Gasteiger partial charge in [-0.15, -0.1) is 0 Å². The maximum atomic E-state index is 14.8. The van der Waals surface area contributed by atoms with Crippen molar-refractivity contribution in [3.05, 3.63) is 70.4 Å². The van der Waals surface area contributed by atoms with Crippen molar-refractivity contribution in [1.29, 1.82) is 0 Å². The van der Waals surface area contributed by atoms with Gasteiger partial charge in [-0.2, -0.15) is 10.1 Å². The van der Waals surface area contributed by atoms with Crippen LogP contribution >= 0.6 is 0 Å². The van der Waals surface area contributed by atoms with E-state index in [9.17, 15) is 14.0 Å². The highest BCUT2D eigenvalue weighted by Gasteiger charge is 2.20. The van der Waals surface area contributed by atoms with Gasteiger partial charge < -0.3 is 9.84 Å². The molecular weight excluding hydrogens is 437 g/mol. The van der Waals surface area contributed by atoms with Crippen molar-refractivity contribution in [2.24, 2.45) is 5.92 Å². The van der Waals surface area contributed by atoms with Gasteiger partial charge in [0.15, 0.2) is 0 Å². The number of ether oxygens (including phenoxy) is 1. The second-order valence-electron chi connectivity index (χ2n) is 8.45. The van der Waals surface area contributed by atoms with E-state index in [1.807, 2.05) is 43.3 Å². The topological polar surface area (TPSA) is 94.3 Å². The van der Waals surface area contributed by atoms with E-state index < -0.39 is 5.97 Å². The van der Waals surface area contributed by atoms with Crippen LogP contribution in [0.15, 0.2) is 53.3 Å². The van der Waals surface area contributed by atoms with Crippen LogP contribution in [0.25, 0.3) is 22.5 Å². The summed E-state index contributed by atoms with van der Waals surface area (Å²) in [6.45, 7) is 2.18. The second-order valence-corrected chi connectivity index (χ2v) is 8.45. The zero-order valence-electron chi connectivity index (χ0n) is 19.5. The standard InChI is InChI=1S/C23H24FN3O.C3H6O3/c1-16-12-13-19(20(24)14-16)22-21(18-10-6-3-7-11-18)25-23(28)27(26-22)15-17-8-4-2-5-9-17;1-6-2-3(4)5/h3,6-7,10-14,17H,2,4-5,8-9,15H2,1H3;2H2,1H3,(H,4,5). The minimum Gasteiger partial charge on any atom is -0.480 e. The molecule has 0 spiro atoms. The molecule has 0 atom stereocenters. The fraction of sp³-hybridized carbons (Fsp3) is 0.385. The molecule has 1 N–H and O–H groups in total. The fourth-order valence-electron chi connectivity index (χ4n) is 4.06. The Morgan fingerprint density at radius 1 is 1.12 bits per heavy atom. The molecule has 180 valence electrons. The number of aromatic nitrogens is 3. The number of aryl methyl sites for hydroxylation is 1. The zero-order chi connectivity index (χ0) is 24.5. The summed E-state index contributed by atoms with van der Waals surface area (Å²) < 4.78 is 20.4. The smallest absolute Gasteiger partial charge is 0.364 e. The van der Waals surface area contributed by atoms with E-state index in [0.29, 0.717) is 29.4 Å². The number of carbonyl (C=O) groups is 1. The molecule has 3 aromatic rings. The predicted octanol–water partition coefficient (Wildman–Crippen LogP) is 4.72. The summed E-state index contributed by atoms with van der Waals surface area (Å²) in [4.78, 5) is 26.5. The average molecular weight is 468 g/mol. The molecule has 0 bridgehead atoms. The Morgan fingerprint density at radius 3 is 2.41 bits per heavy atom. The van der Waals surface area contributed by atoms with Crippen molar-refractivity contribution >= 4 is 5.97 Å². The van der Waals surface area contributed by atoms with Gasteiger partial charge in [0, 0.05) is 24.8 Å². The quantitative estimate of drug-likeness (QED) is 0.564. The number of rotatable bonds is 6. The molecule has 0 amide bonds. The van der Waals surface area contributed by atoms with Crippen LogP contribution in [0.3, 0.4) is 0 Å². The first kappa shape index (κ1) is 25.2. The molecule has 1 aliphatic rings. The van der Waals surface area contributed by atoms with Crippen molar-refractivity contribution in [3.8, 4) is 22.5 Å². The van der Waals surface area contributed by atoms with Crippen molar-refractivity contribution < 1.29 is 19.0 Å². The summed E-state index contributed by atoms with van der Waals surface area (Å²) in [6, 6.07) is 14.4. The SMILES string of the molecule is COCC(=O)O.Cc1ccc(-c2nn(CC3CCCCC3)c(=O)nc2-c2ccccc2)c(F)c1. The van der Waals surface area contributed by atoms with E-state index in [0.717, 1.165) is 24.0 Å². The van der Waals surface area contributed by atoms with Gasteiger partial charge in [0.25, 0.3) is 0 Å². The van der Waals surface area contributed by atoms with Gasteiger partial charge in [-0.1, -0.05) is 55.7 Å². The van der Waals surface area contributed by atoms with Gasteiger partial charge in [-0.25, -0.2) is 18.7 Å². The largest absolute Gasteiger partial charge is 0.480 e. The minimum atomic E-state index is -0.933. The summed E-state index contributed by atoms with van der Waals surface area (Å²) in [5.74, 6) is -0.856. The van der Waals surface area contributed by atoms with E-state index in [1.165, 1.54) is 37.1 Å². The number of methoxy groups -OCH3 is 1. The number of hydrogen-bond acceptors (Lipinski definition) is 5. The molecule has 34 heavy (non-hydrogen) atoms. The Morgan fingerprint density at radius 2 is 1.82 bits per heavy atom. The molecule has 1 fully saturated rings. The highest BCUT2D eigenvalue weighted by molar-refractivity contribution is 5.77. The minimum absolute atomic E-state index is 0.208. The molecule has 7 nitrogen and oxygen atoms in total. The van der Waals surface area contributed by atoms with Gasteiger partial charge in [-0.05, 0) is 43.4 Å². The van der Waals surface area contributed by atoms with E-state index in [4.69, 9.17) is 5.11 Å². The van der Waals surface area contributed by atoms with Crippen molar-refractivity contribution in [2.75, 3.05) is 13.7 Å². The van der Waals surface area contributed by atoms with Gasteiger partial charge >= 0.3 is 11.7 Å². The van der Waals surface area contributed by atoms with Crippen molar-refractivity contribution in [1.82, 2.24) is 14.8 Å². The van der Waals surface area contributed by atoms with E-state index >= 15 is 0 Å². The predicted molar refractivity (Wildman–Crippen MR) is 128 cm³/mol. The van der Waals surface area contributed by atoms with Gasteiger partial charge in [0.2, 0.25) is 0 Å². The number of aliphatic carboxylic acids is 1. The normalized spacial score (nSPS) is 13.7. The molecule has 1 aliphatic carbocycles. The lowest BCUT2D eigenvalue weighted by atomic mass is 9.89. The van der Waals surface area contributed by atoms with Crippen LogP contribution < -0.4 is 5.69 Å². The number of benzene rings is 2. The highest BCUT2D eigenvalue weighted by Crippen LogP contribution is 2.30. The highest BCUT2D eigenvalue weighted by atomic mass is 19.1. The fourth-order valence-corrected chi connectivity index (χ4v) is 4.06. The Hall–Kier alpha value is -3.39. The molecule has 1 heterocycles. The Balaban J connectivity index is 0.000000481. The van der Waals surface area contributed by atoms with Crippen LogP contribution in [0.2, 0.25) is 0 Å². The Kier molecular flexibility index (Phi) is 9.04. The van der Waals surface area contributed by atoms with Crippen LogP contribution in [0.5, 0.6) is 0 Å². The van der Waals surface area contributed by atoms with Crippen LogP contribution in [-0.4, -0.2) is 39.6 Å². The number of halogens is 1. The molecule has 1 saturated carbocycles. The molecule has 0 aliphatic heterocycles. The zero-order valence-corrected chi connectivity index (χ0v) is 19.5. The molecule has 8 heteroatoms. The number of hydrogen-bond donors (Lipinski definition) is 1. The number of nitrogens with zero attached hydrogens (tertiary/aromatic N) is 3. The lowest BCUT2D eigenvalue weighted by Crippen LogP contribution is -2.30. The third-order valence-corrected chi connectivity index (χ3v) is 5.72. The second kappa shape index (κ2) is 12.2. The van der Waals surface area contributed by atoms with Gasteiger partial charge in [0.05, 0.1) is 0 Å². The van der Waals surface area contributed by atoms with Gasteiger partial charge in [0.1, 0.15) is 23.8 Å². The molecule has 2 aromatic carbocycles. The summed E-state index contributed by atoms with van der Waals surface area (Å²) in [7, 11) is 1.34. The third-order valence-electron chi connectivity index (χ3n) is 5.72. The van der Waals surface area contributed by atoms with Gasteiger partial charge in [-0.3, -0.25) is 0 Å². The lowest BCUT2D eigenvalue weighted by molar-refractivity contribution is -0.141. The molecule has 0 unspecified atom stereocenters. The molecule has 1 aromatic heterocycles. The molecule has 0 radical (unpaired) electrons. The van der Waals surface area contributed by atoms with Crippen LogP contribution in [-0.2, 0) is 16.1 Å². The summed E-state index contributed by atoms with van der Waals surface area (Å²) in [5.41, 5.74) is 2.43. The lowest BCUT2D eigenvalue weighted by Gasteiger charge is -2.22. The summed E-state index contributed by atoms with van der Waals surface area (Å²) in [6.07, 6.45) is 5.83. The first-order chi connectivity index (χ1) is 16.4. The number of carboxylic acids is 1. The van der Waals surface area contributed by atoms with Crippen molar-refractivity contribution in [3.63, 3.8) is 0 Å². The summed E-state index contributed by atoms with van der Waals surface area (Å²) in [5, 5.41) is 12.4. The Labute approximate surface area is 198 Å². The number of carboxylic acid groups (broad SMARTS) is 1. The first-order valence-corrected chi connectivity index (χ1v) is 11.4. The van der Waals surface area contributed by atoms with Crippen LogP contribution in [0, 0.1) is 18.7 Å². The van der Waals surface area contributed by atoms with Crippen LogP contribution in [0.4, 0.5) is 4.39 Å². The molecule has 4 rings (SSSR count). The monoisotopic (exact) mass is 467 g/mol.